The molecule has 1 amide bonds. The number of furan rings is 1. The molecule has 0 aliphatic rings. The topological polar surface area (TPSA) is 42.7 Å². The number of amides is 1. The van der Waals surface area contributed by atoms with E-state index >= 15 is 0 Å². The fourth-order valence-electron chi connectivity index (χ4n) is 2.98. The number of nitrogens with zero attached hydrogens (tertiary/aromatic N) is 1. The summed E-state index contributed by atoms with van der Waals surface area (Å²) in [5.74, 6) is 1.83. The average molecular weight is 395 g/mol. The third-order valence-corrected chi connectivity index (χ3v) is 4.58. The fourth-order valence-corrected chi connectivity index (χ4v) is 2.98. The molecule has 3 aromatic rings. The first-order chi connectivity index (χ1) is 14.0. The van der Waals surface area contributed by atoms with Crippen molar-refractivity contribution >= 4 is 5.91 Å². The Morgan fingerprint density at radius 3 is 2.34 bits per heavy atom. The molecule has 0 aliphatic carbocycles. The second kappa shape index (κ2) is 9.92. The number of unbranched alkanes of at least 4 members (excludes halogenated alkanes) is 1. The molecule has 2 aromatic carbocycles. The standard InChI is InChI=1S/C24H26FNO3/c1-3-4-15-28-22-13-8-20(9-14-22)24(27)26(17-23-12-5-18(2)29-23)16-19-6-10-21(25)11-7-19/h5-14H,3-4,15-17H2,1-2H3. The number of benzene rings is 2. The number of aryl methyl sites for hydroxylation is 1. The molecule has 0 atom stereocenters. The second-order valence-corrected chi connectivity index (χ2v) is 7.03. The van der Waals surface area contributed by atoms with Gasteiger partial charge in [0.2, 0.25) is 0 Å². The largest absolute Gasteiger partial charge is 0.494 e. The number of hydrogen-bond donors (Lipinski definition) is 0. The van der Waals surface area contributed by atoms with E-state index in [4.69, 9.17) is 9.15 Å². The first kappa shape index (κ1) is 20.6. The lowest BCUT2D eigenvalue weighted by Gasteiger charge is -2.22. The molecule has 1 aromatic heterocycles. The van der Waals surface area contributed by atoms with Crippen molar-refractivity contribution in [2.45, 2.75) is 39.8 Å². The van der Waals surface area contributed by atoms with Crippen LogP contribution in [0.15, 0.2) is 65.1 Å². The molecule has 1 heterocycles. The fraction of sp³-hybridized carbons (Fsp3) is 0.292. The van der Waals surface area contributed by atoms with Gasteiger partial charge in [-0.25, -0.2) is 4.39 Å². The zero-order chi connectivity index (χ0) is 20.6. The summed E-state index contributed by atoms with van der Waals surface area (Å²) in [5, 5.41) is 0. The van der Waals surface area contributed by atoms with Gasteiger partial charge < -0.3 is 14.1 Å². The van der Waals surface area contributed by atoms with E-state index in [0.29, 0.717) is 31.0 Å². The normalized spacial score (nSPS) is 10.7. The Bertz CT molecular complexity index is 916. The van der Waals surface area contributed by atoms with Gasteiger partial charge in [-0.2, -0.15) is 0 Å². The molecular formula is C24H26FNO3. The monoisotopic (exact) mass is 395 g/mol. The lowest BCUT2D eigenvalue weighted by molar-refractivity contribution is 0.0717. The summed E-state index contributed by atoms with van der Waals surface area (Å²) in [6, 6.07) is 17.1. The van der Waals surface area contributed by atoms with E-state index in [-0.39, 0.29) is 11.7 Å². The molecule has 152 valence electrons. The van der Waals surface area contributed by atoms with Crippen LogP contribution >= 0.6 is 0 Å². The Morgan fingerprint density at radius 1 is 1.00 bits per heavy atom. The lowest BCUT2D eigenvalue weighted by Crippen LogP contribution is -2.30. The summed E-state index contributed by atoms with van der Waals surface area (Å²) >= 11 is 0. The van der Waals surface area contributed by atoms with E-state index in [1.165, 1.54) is 12.1 Å². The van der Waals surface area contributed by atoms with Crippen LogP contribution in [0.2, 0.25) is 0 Å². The van der Waals surface area contributed by atoms with Crippen molar-refractivity contribution in [2.24, 2.45) is 0 Å². The molecule has 0 fully saturated rings. The number of carbonyl (C=O) groups is 1. The van der Waals surface area contributed by atoms with Gasteiger partial charge in [-0.15, -0.1) is 0 Å². The van der Waals surface area contributed by atoms with Crippen molar-refractivity contribution in [1.29, 1.82) is 0 Å². The molecule has 0 N–H and O–H groups in total. The van der Waals surface area contributed by atoms with Gasteiger partial charge in [0.05, 0.1) is 13.2 Å². The first-order valence-corrected chi connectivity index (χ1v) is 9.87. The number of halogens is 1. The predicted octanol–water partition coefficient (Wildman–Crippen LogP) is 5.75. The molecule has 0 aliphatic heterocycles. The molecule has 0 bridgehead atoms. The molecule has 29 heavy (non-hydrogen) atoms. The van der Waals surface area contributed by atoms with Crippen molar-refractivity contribution in [2.75, 3.05) is 6.61 Å². The maximum absolute atomic E-state index is 13.2. The van der Waals surface area contributed by atoms with Gasteiger partial charge in [-0.05, 0) is 67.4 Å². The second-order valence-electron chi connectivity index (χ2n) is 7.03. The molecule has 3 rings (SSSR count). The molecule has 0 radical (unpaired) electrons. The highest BCUT2D eigenvalue weighted by molar-refractivity contribution is 5.94. The van der Waals surface area contributed by atoms with Gasteiger partial charge in [0.25, 0.3) is 5.91 Å². The van der Waals surface area contributed by atoms with E-state index in [9.17, 15) is 9.18 Å². The number of rotatable bonds is 9. The molecule has 0 saturated carbocycles. The molecule has 4 nitrogen and oxygen atoms in total. The van der Waals surface area contributed by atoms with Crippen LogP contribution in [0.4, 0.5) is 4.39 Å². The van der Waals surface area contributed by atoms with Gasteiger partial charge in [0, 0.05) is 12.1 Å². The van der Waals surface area contributed by atoms with Gasteiger partial charge in [0.15, 0.2) is 0 Å². The SMILES string of the molecule is CCCCOc1ccc(C(=O)N(Cc2ccc(F)cc2)Cc2ccc(C)o2)cc1. The van der Waals surface area contributed by atoms with Crippen LogP contribution in [0.1, 0.15) is 47.2 Å². The third kappa shape index (κ3) is 5.95. The third-order valence-electron chi connectivity index (χ3n) is 4.58. The Balaban J connectivity index is 1.76. The maximum Gasteiger partial charge on any atom is 0.254 e. The van der Waals surface area contributed by atoms with E-state index in [1.54, 1.807) is 29.2 Å². The summed E-state index contributed by atoms with van der Waals surface area (Å²) in [5.41, 5.74) is 1.42. The minimum absolute atomic E-state index is 0.122. The first-order valence-electron chi connectivity index (χ1n) is 9.87. The number of ether oxygens (including phenoxy) is 1. The predicted molar refractivity (Wildman–Crippen MR) is 110 cm³/mol. The highest BCUT2D eigenvalue weighted by atomic mass is 19.1. The summed E-state index contributed by atoms with van der Waals surface area (Å²) in [6.07, 6.45) is 2.07. The van der Waals surface area contributed by atoms with E-state index in [2.05, 4.69) is 6.92 Å². The molecular weight excluding hydrogens is 369 g/mol. The van der Waals surface area contributed by atoms with Crippen molar-refractivity contribution in [3.05, 3.63) is 89.1 Å². The van der Waals surface area contributed by atoms with Crippen LogP contribution in [0, 0.1) is 12.7 Å². The highest BCUT2D eigenvalue weighted by Gasteiger charge is 2.18. The maximum atomic E-state index is 13.2. The molecule has 5 heteroatoms. The molecule has 0 spiro atoms. The van der Waals surface area contributed by atoms with Gasteiger partial charge in [-0.3, -0.25) is 4.79 Å². The minimum Gasteiger partial charge on any atom is -0.494 e. The van der Waals surface area contributed by atoms with Gasteiger partial charge in [0.1, 0.15) is 23.1 Å². The van der Waals surface area contributed by atoms with Crippen LogP contribution in [-0.2, 0) is 13.1 Å². The zero-order valence-electron chi connectivity index (χ0n) is 16.9. The van der Waals surface area contributed by atoms with Crippen LogP contribution in [0.25, 0.3) is 0 Å². The summed E-state index contributed by atoms with van der Waals surface area (Å²) in [6.45, 7) is 5.33. The van der Waals surface area contributed by atoms with Crippen LogP contribution in [0.3, 0.4) is 0 Å². The quantitative estimate of drug-likeness (QED) is 0.433. The highest BCUT2D eigenvalue weighted by Crippen LogP contribution is 2.19. The van der Waals surface area contributed by atoms with Crippen molar-refractivity contribution in [1.82, 2.24) is 4.90 Å². The van der Waals surface area contributed by atoms with Crippen LogP contribution in [-0.4, -0.2) is 17.4 Å². The lowest BCUT2D eigenvalue weighted by atomic mass is 10.1. The Labute approximate surface area is 170 Å². The summed E-state index contributed by atoms with van der Waals surface area (Å²) < 4.78 is 24.6. The van der Waals surface area contributed by atoms with Crippen LogP contribution in [0.5, 0.6) is 5.75 Å². The van der Waals surface area contributed by atoms with Crippen LogP contribution < -0.4 is 4.74 Å². The zero-order valence-corrected chi connectivity index (χ0v) is 16.9. The minimum atomic E-state index is -0.299. The van der Waals surface area contributed by atoms with E-state index < -0.39 is 0 Å². The average Bonchev–Trinajstić information content (AvgIpc) is 3.14. The van der Waals surface area contributed by atoms with Crippen molar-refractivity contribution in [3.63, 3.8) is 0 Å². The summed E-state index contributed by atoms with van der Waals surface area (Å²) in [7, 11) is 0. The van der Waals surface area contributed by atoms with Crippen molar-refractivity contribution < 1.29 is 18.3 Å². The van der Waals surface area contributed by atoms with Crippen molar-refractivity contribution in [3.8, 4) is 5.75 Å². The van der Waals surface area contributed by atoms with Gasteiger partial charge >= 0.3 is 0 Å². The Hall–Kier alpha value is -3.08. The summed E-state index contributed by atoms with van der Waals surface area (Å²) in [4.78, 5) is 14.9. The Morgan fingerprint density at radius 2 is 1.72 bits per heavy atom. The molecule has 0 unspecified atom stereocenters. The Kier molecular flexibility index (Phi) is 7.06. The van der Waals surface area contributed by atoms with E-state index in [0.717, 1.165) is 29.9 Å². The smallest absolute Gasteiger partial charge is 0.254 e. The number of carbonyl (C=O) groups excluding carboxylic acids is 1. The van der Waals surface area contributed by atoms with E-state index in [1.807, 2.05) is 31.2 Å². The molecule has 0 saturated heterocycles. The van der Waals surface area contributed by atoms with Gasteiger partial charge in [-0.1, -0.05) is 25.5 Å². The number of hydrogen-bond acceptors (Lipinski definition) is 3.